The highest BCUT2D eigenvalue weighted by atomic mass is 79.9. The summed E-state index contributed by atoms with van der Waals surface area (Å²) in [6, 6.07) is 9.78. The molecule has 2 aromatic rings. The van der Waals surface area contributed by atoms with E-state index in [9.17, 15) is 18.0 Å². The third-order valence-electron chi connectivity index (χ3n) is 3.36. The minimum absolute atomic E-state index is 0.0132. The summed E-state index contributed by atoms with van der Waals surface area (Å²) in [5.41, 5.74) is -0.648. The van der Waals surface area contributed by atoms with E-state index in [1.165, 1.54) is 44.4 Å². The van der Waals surface area contributed by atoms with E-state index in [1.807, 2.05) is 0 Å². The Bertz CT molecular complexity index is 744. The second kappa shape index (κ2) is 7.25. The third kappa shape index (κ3) is 4.08. The highest BCUT2D eigenvalue weighted by Crippen LogP contribution is 2.36. The minimum Gasteiger partial charge on any atom is -0.485 e. The molecule has 0 bridgehead atoms. The summed E-state index contributed by atoms with van der Waals surface area (Å²) in [6.45, 7) is 1.49. The molecular formula is C17H14BrF3O3. The van der Waals surface area contributed by atoms with Crippen LogP contribution in [0.15, 0.2) is 46.9 Å². The summed E-state index contributed by atoms with van der Waals surface area (Å²) >= 11 is 3.25. The van der Waals surface area contributed by atoms with Crippen molar-refractivity contribution in [2.24, 2.45) is 0 Å². The normalized spacial score (nSPS) is 12.6. The van der Waals surface area contributed by atoms with E-state index in [4.69, 9.17) is 4.74 Å². The van der Waals surface area contributed by atoms with Crippen molar-refractivity contribution in [2.75, 3.05) is 7.11 Å². The summed E-state index contributed by atoms with van der Waals surface area (Å²) in [5.74, 6) is -0.491. The van der Waals surface area contributed by atoms with Crippen LogP contribution < -0.4 is 4.74 Å². The molecule has 0 heterocycles. The molecule has 0 saturated heterocycles. The maximum atomic E-state index is 13.1. The van der Waals surface area contributed by atoms with Gasteiger partial charge in [-0.3, -0.25) is 0 Å². The second-order valence-electron chi connectivity index (χ2n) is 4.98. The molecule has 0 N–H and O–H groups in total. The molecule has 24 heavy (non-hydrogen) atoms. The second-order valence-corrected chi connectivity index (χ2v) is 5.89. The van der Waals surface area contributed by atoms with Crippen molar-refractivity contribution in [3.8, 4) is 5.75 Å². The lowest BCUT2D eigenvalue weighted by Crippen LogP contribution is -2.15. The van der Waals surface area contributed by atoms with Crippen molar-refractivity contribution in [1.82, 2.24) is 0 Å². The number of halogens is 4. The Labute approximate surface area is 145 Å². The zero-order valence-electron chi connectivity index (χ0n) is 12.9. The number of benzene rings is 2. The Morgan fingerprint density at radius 2 is 1.83 bits per heavy atom. The molecule has 2 rings (SSSR count). The van der Waals surface area contributed by atoms with Gasteiger partial charge in [-0.1, -0.05) is 34.1 Å². The first-order valence-electron chi connectivity index (χ1n) is 6.94. The average Bonchev–Trinajstić information content (AvgIpc) is 2.53. The SMILES string of the molecule is COC(=O)c1ccc(Br)cc1OC(C)c1ccccc1C(F)(F)F. The summed E-state index contributed by atoms with van der Waals surface area (Å²) in [6.07, 6.45) is -5.41. The van der Waals surface area contributed by atoms with Crippen LogP contribution in [-0.2, 0) is 10.9 Å². The standard InChI is InChI=1S/C17H14BrF3O3/c1-10(12-5-3-4-6-14(12)17(19,20)21)24-15-9-11(18)7-8-13(15)16(22)23-2/h3-10H,1-2H3. The number of hydrogen-bond donors (Lipinski definition) is 0. The fraction of sp³-hybridized carbons (Fsp3) is 0.235. The number of hydrogen-bond acceptors (Lipinski definition) is 3. The van der Waals surface area contributed by atoms with Crippen molar-refractivity contribution in [2.45, 2.75) is 19.2 Å². The van der Waals surface area contributed by atoms with Crippen LogP contribution >= 0.6 is 15.9 Å². The first-order chi connectivity index (χ1) is 11.2. The molecule has 0 fully saturated rings. The van der Waals surface area contributed by atoms with E-state index in [1.54, 1.807) is 6.07 Å². The smallest absolute Gasteiger partial charge is 0.416 e. The Balaban J connectivity index is 2.40. The van der Waals surface area contributed by atoms with Gasteiger partial charge in [-0.15, -0.1) is 0 Å². The van der Waals surface area contributed by atoms with Gasteiger partial charge in [0.2, 0.25) is 0 Å². The van der Waals surface area contributed by atoms with Crippen molar-refractivity contribution in [3.63, 3.8) is 0 Å². The van der Waals surface area contributed by atoms with Crippen molar-refractivity contribution >= 4 is 21.9 Å². The predicted molar refractivity (Wildman–Crippen MR) is 86.0 cm³/mol. The molecule has 0 aliphatic carbocycles. The Hall–Kier alpha value is -2.02. The highest BCUT2D eigenvalue weighted by Gasteiger charge is 2.34. The molecule has 0 spiro atoms. The molecule has 0 aliphatic heterocycles. The summed E-state index contributed by atoms with van der Waals surface area (Å²) in [4.78, 5) is 11.8. The van der Waals surface area contributed by atoms with Gasteiger partial charge in [0.25, 0.3) is 0 Å². The molecular weight excluding hydrogens is 389 g/mol. The Kier molecular flexibility index (Phi) is 5.54. The average molecular weight is 403 g/mol. The van der Waals surface area contributed by atoms with Gasteiger partial charge in [0.05, 0.1) is 12.7 Å². The van der Waals surface area contributed by atoms with E-state index in [2.05, 4.69) is 20.7 Å². The lowest BCUT2D eigenvalue weighted by atomic mass is 10.0. The lowest BCUT2D eigenvalue weighted by molar-refractivity contribution is -0.139. The fourth-order valence-corrected chi connectivity index (χ4v) is 2.58. The topological polar surface area (TPSA) is 35.5 Å². The van der Waals surface area contributed by atoms with Gasteiger partial charge in [-0.05, 0) is 31.2 Å². The molecule has 128 valence electrons. The van der Waals surface area contributed by atoms with Gasteiger partial charge in [-0.25, -0.2) is 4.79 Å². The zero-order chi connectivity index (χ0) is 17.9. The highest BCUT2D eigenvalue weighted by molar-refractivity contribution is 9.10. The molecule has 7 heteroatoms. The number of carbonyl (C=O) groups excluding carboxylic acids is 1. The van der Waals surface area contributed by atoms with Crippen LogP contribution in [0, 0.1) is 0 Å². The summed E-state index contributed by atoms with van der Waals surface area (Å²) in [7, 11) is 1.22. The van der Waals surface area contributed by atoms with Crippen LogP contribution in [-0.4, -0.2) is 13.1 Å². The van der Waals surface area contributed by atoms with Crippen LogP contribution in [0.5, 0.6) is 5.75 Å². The molecule has 1 atom stereocenters. The Morgan fingerprint density at radius 1 is 1.17 bits per heavy atom. The fourth-order valence-electron chi connectivity index (χ4n) is 2.24. The quantitative estimate of drug-likeness (QED) is 0.642. The van der Waals surface area contributed by atoms with Gasteiger partial charge in [0, 0.05) is 10.0 Å². The monoisotopic (exact) mass is 402 g/mol. The molecule has 3 nitrogen and oxygen atoms in total. The number of ether oxygens (including phenoxy) is 2. The largest absolute Gasteiger partial charge is 0.485 e. The van der Waals surface area contributed by atoms with Gasteiger partial charge < -0.3 is 9.47 Å². The summed E-state index contributed by atoms with van der Waals surface area (Å²) < 4.78 is 50.3. The molecule has 2 aromatic carbocycles. The van der Waals surface area contributed by atoms with Crippen molar-refractivity contribution in [3.05, 3.63) is 63.6 Å². The maximum Gasteiger partial charge on any atom is 0.416 e. The van der Waals surface area contributed by atoms with Crippen LogP contribution in [0.3, 0.4) is 0 Å². The van der Waals surface area contributed by atoms with E-state index in [-0.39, 0.29) is 16.9 Å². The van der Waals surface area contributed by atoms with Crippen LogP contribution in [0.1, 0.15) is 34.5 Å². The zero-order valence-corrected chi connectivity index (χ0v) is 14.4. The molecule has 0 amide bonds. The van der Waals surface area contributed by atoms with Gasteiger partial charge >= 0.3 is 12.1 Å². The lowest BCUT2D eigenvalue weighted by Gasteiger charge is -2.21. The first-order valence-corrected chi connectivity index (χ1v) is 7.74. The van der Waals surface area contributed by atoms with Crippen molar-refractivity contribution in [1.29, 1.82) is 0 Å². The Morgan fingerprint density at radius 3 is 2.46 bits per heavy atom. The van der Waals surface area contributed by atoms with E-state index in [0.717, 1.165) is 6.07 Å². The van der Waals surface area contributed by atoms with Crippen LogP contribution in [0.4, 0.5) is 13.2 Å². The van der Waals surface area contributed by atoms with Crippen LogP contribution in [0.25, 0.3) is 0 Å². The van der Waals surface area contributed by atoms with Crippen molar-refractivity contribution < 1.29 is 27.4 Å². The summed E-state index contributed by atoms with van der Waals surface area (Å²) in [5, 5.41) is 0. The molecule has 0 saturated carbocycles. The number of rotatable bonds is 4. The van der Waals surface area contributed by atoms with Crippen LogP contribution in [0.2, 0.25) is 0 Å². The molecule has 0 radical (unpaired) electrons. The van der Waals surface area contributed by atoms with Gasteiger partial charge in [0.15, 0.2) is 0 Å². The van der Waals surface area contributed by atoms with E-state index < -0.39 is 23.8 Å². The number of methoxy groups -OCH3 is 1. The predicted octanol–water partition coefficient (Wildman–Crippen LogP) is 5.39. The third-order valence-corrected chi connectivity index (χ3v) is 3.85. The van der Waals surface area contributed by atoms with E-state index >= 15 is 0 Å². The number of esters is 1. The maximum absolute atomic E-state index is 13.1. The van der Waals surface area contributed by atoms with Gasteiger partial charge in [0.1, 0.15) is 17.4 Å². The minimum atomic E-state index is -4.49. The molecule has 0 aromatic heterocycles. The molecule has 1 unspecified atom stereocenters. The molecule has 0 aliphatic rings. The van der Waals surface area contributed by atoms with Gasteiger partial charge in [-0.2, -0.15) is 13.2 Å². The number of alkyl halides is 3. The van der Waals surface area contributed by atoms with E-state index in [0.29, 0.717) is 4.47 Å². The first kappa shape index (κ1) is 18.3. The number of carbonyl (C=O) groups is 1.